The summed E-state index contributed by atoms with van der Waals surface area (Å²) in [6.07, 6.45) is -2.02. The topological polar surface area (TPSA) is 102 Å². The third-order valence-corrected chi connectivity index (χ3v) is 5.61. The highest BCUT2D eigenvalue weighted by Gasteiger charge is 2.47. The van der Waals surface area contributed by atoms with E-state index in [1.807, 2.05) is 36.4 Å². The Morgan fingerprint density at radius 3 is 2.24 bits per heavy atom. The number of hydrogen-bond acceptors (Lipinski definition) is 6. The maximum Gasteiger partial charge on any atom is 0.410 e. The monoisotopic (exact) mass is 456 g/mol. The fourth-order valence-corrected chi connectivity index (χ4v) is 4.02. The summed E-state index contributed by atoms with van der Waals surface area (Å²) >= 11 is 0. The van der Waals surface area contributed by atoms with Gasteiger partial charge in [-0.3, -0.25) is 15.0 Å². The minimum atomic E-state index is -1.38. The Labute approximate surface area is 194 Å². The molecular formula is C25H32N2O6. The highest BCUT2D eigenvalue weighted by molar-refractivity contribution is 5.69. The summed E-state index contributed by atoms with van der Waals surface area (Å²) in [6, 6.07) is 16.6. The number of benzene rings is 2. The van der Waals surface area contributed by atoms with Crippen LogP contribution in [0.15, 0.2) is 60.7 Å². The molecule has 4 atom stereocenters. The van der Waals surface area contributed by atoms with Gasteiger partial charge in [0.05, 0.1) is 25.3 Å². The Morgan fingerprint density at radius 1 is 1.12 bits per heavy atom. The van der Waals surface area contributed by atoms with Gasteiger partial charge in [-0.1, -0.05) is 60.7 Å². The van der Waals surface area contributed by atoms with E-state index >= 15 is 0 Å². The fraction of sp³-hybridized carbons (Fsp3) is 0.480. The number of aliphatic hydroxyl groups excluding tert-OH is 1. The second-order valence-electron chi connectivity index (χ2n) is 9.39. The van der Waals surface area contributed by atoms with Crippen molar-refractivity contribution in [2.75, 3.05) is 6.54 Å². The molecule has 178 valence electrons. The van der Waals surface area contributed by atoms with Crippen molar-refractivity contribution in [1.29, 1.82) is 0 Å². The van der Waals surface area contributed by atoms with Gasteiger partial charge in [0, 0.05) is 11.3 Å². The van der Waals surface area contributed by atoms with Crippen molar-refractivity contribution in [1.82, 2.24) is 4.90 Å². The molecule has 2 aromatic rings. The van der Waals surface area contributed by atoms with Crippen molar-refractivity contribution in [3.05, 3.63) is 81.9 Å². The Kier molecular flexibility index (Phi) is 8.05. The molecule has 8 nitrogen and oxygen atoms in total. The molecule has 2 aromatic carbocycles. The zero-order valence-corrected chi connectivity index (χ0v) is 19.3. The van der Waals surface area contributed by atoms with Crippen molar-refractivity contribution in [3.63, 3.8) is 0 Å². The average Bonchev–Trinajstić information content (AvgIpc) is 3.20. The van der Waals surface area contributed by atoms with Crippen LogP contribution in [0.5, 0.6) is 0 Å². The highest BCUT2D eigenvalue weighted by atomic mass is 16.6. The number of nitro groups is 1. The third kappa shape index (κ3) is 7.00. The zero-order chi connectivity index (χ0) is 24.0. The molecule has 0 saturated carbocycles. The van der Waals surface area contributed by atoms with E-state index in [1.54, 1.807) is 45.0 Å². The van der Waals surface area contributed by atoms with Crippen molar-refractivity contribution >= 4 is 6.09 Å². The first-order valence-electron chi connectivity index (χ1n) is 11.1. The van der Waals surface area contributed by atoms with Gasteiger partial charge in [0.25, 0.3) is 0 Å². The Balaban J connectivity index is 1.77. The molecule has 3 rings (SSSR count). The molecule has 4 unspecified atom stereocenters. The Morgan fingerprint density at radius 2 is 1.70 bits per heavy atom. The van der Waals surface area contributed by atoms with Crippen LogP contribution in [-0.4, -0.2) is 57.5 Å². The number of likely N-dealkylation sites (tertiary alicyclic amines) is 1. The number of ether oxygens (including phenoxy) is 2. The van der Waals surface area contributed by atoms with Crippen molar-refractivity contribution in [2.24, 2.45) is 0 Å². The van der Waals surface area contributed by atoms with E-state index in [0.29, 0.717) is 6.61 Å². The standard InChI is InChI=1S/C25H32N2O6/c1-25(2,3)33-24(29)26-16-20(32-17-19-12-8-5-9-13-19)15-21(26)23(28)22(27(30)31)14-18-10-6-4-7-11-18/h4-13,20-23,28H,14-17H2,1-3H3. The first-order valence-corrected chi connectivity index (χ1v) is 11.1. The molecule has 0 spiro atoms. The summed E-state index contributed by atoms with van der Waals surface area (Å²) in [7, 11) is 0. The van der Waals surface area contributed by atoms with Crippen LogP contribution in [0.3, 0.4) is 0 Å². The zero-order valence-electron chi connectivity index (χ0n) is 19.3. The third-order valence-electron chi connectivity index (χ3n) is 5.61. The van der Waals surface area contributed by atoms with Crippen LogP contribution in [0.4, 0.5) is 4.79 Å². The van der Waals surface area contributed by atoms with E-state index in [2.05, 4.69) is 0 Å². The number of hydrogen-bond donors (Lipinski definition) is 1. The van der Waals surface area contributed by atoms with Crippen molar-refractivity contribution in [3.8, 4) is 0 Å². The van der Waals surface area contributed by atoms with E-state index < -0.39 is 34.8 Å². The van der Waals surface area contributed by atoms with Crippen molar-refractivity contribution < 1.29 is 24.3 Å². The average molecular weight is 457 g/mol. The molecule has 1 amide bonds. The molecule has 0 aromatic heterocycles. The molecule has 0 radical (unpaired) electrons. The fourth-order valence-electron chi connectivity index (χ4n) is 4.02. The first kappa shape index (κ1) is 24.7. The lowest BCUT2D eigenvalue weighted by Gasteiger charge is -2.31. The highest BCUT2D eigenvalue weighted by Crippen LogP contribution is 2.29. The lowest BCUT2D eigenvalue weighted by molar-refractivity contribution is -0.535. The summed E-state index contributed by atoms with van der Waals surface area (Å²) in [4.78, 5) is 25.7. The van der Waals surface area contributed by atoms with Crippen LogP contribution >= 0.6 is 0 Å². The molecule has 0 bridgehead atoms. The van der Waals surface area contributed by atoms with Gasteiger partial charge in [-0.05, 0) is 38.3 Å². The summed E-state index contributed by atoms with van der Waals surface area (Å²) in [5, 5.41) is 23.0. The first-order chi connectivity index (χ1) is 15.6. The van der Waals surface area contributed by atoms with Gasteiger partial charge in [0.2, 0.25) is 6.04 Å². The van der Waals surface area contributed by atoms with Gasteiger partial charge in [-0.2, -0.15) is 0 Å². The number of amides is 1. The molecule has 1 heterocycles. The lowest BCUT2D eigenvalue weighted by atomic mass is 9.95. The van der Waals surface area contributed by atoms with Crippen LogP contribution in [0, 0.1) is 10.1 Å². The molecule has 0 aliphatic carbocycles. The maximum absolute atomic E-state index is 12.9. The SMILES string of the molecule is CC(C)(C)OC(=O)N1CC(OCc2ccccc2)CC1C(O)C(Cc1ccccc1)[N+](=O)[O-]. The summed E-state index contributed by atoms with van der Waals surface area (Å²) in [5.41, 5.74) is 0.997. The van der Waals surface area contributed by atoms with Gasteiger partial charge in [0.1, 0.15) is 11.7 Å². The molecule has 1 saturated heterocycles. The number of carbonyl (C=O) groups is 1. The van der Waals surface area contributed by atoms with E-state index in [9.17, 15) is 20.0 Å². The Hall–Kier alpha value is -2.97. The lowest BCUT2D eigenvalue weighted by Crippen LogP contribution is -2.51. The largest absolute Gasteiger partial charge is 0.444 e. The van der Waals surface area contributed by atoms with Gasteiger partial charge in [0.15, 0.2) is 0 Å². The molecule has 1 aliphatic heterocycles. The second kappa shape index (κ2) is 10.8. The predicted octanol–water partition coefficient (Wildman–Crippen LogP) is 3.83. The molecule has 8 heteroatoms. The molecule has 1 aliphatic rings. The predicted molar refractivity (Wildman–Crippen MR) is 123 cm³/mol. The van der Waals surface area contributed by atoms with Gasteiger partial charge in [-0.25, -0.2) is 4.79 Å². The smallest absolute Gasteiger partial charge is 0.410 e. The van der Waals surface area contributed by atoms with Crippen LogP contribution in [0.25, 0.3) is 0 Å². The van der Waals surface area contributed by atoms with Crippen LogP contribution in [-0.2, 0) is 22.5 Å². The van der Waals surface area contributed by atoms with Crippen LogP contribution in [0.2, 0.25) is 0 Å². The number of rotatable bonds is 8. The maximum atomic E-state index is 12.9. The Bertz CT molecular complexity index is 915. The molecule has 1 N–H and O–H groups in total. The second-order valence-corrected chi connectivity index (χ2v) is 9.39. The number of nitrogens with zero attached hydrogens (tertiary/aromatic N) is 2. The van der Waals surface area contributed by atoms with Gasteiger partial charge in [-0.15, -0.1) is 0 Å². The quantitative estimate of drug-likeness (QED) is 0.478. The van der Waals surface area contributed by atoms with Crippen molar-refractivity contribution in [2.45, 2.75) is 70.1 Å². The van der Waals surface area contributed by atoms with Crippen LogP contribution in [0.1, 0.15) is 38.3 Å². The number of aliphatic hydroxyl groups is 1. The van der Waals surface area contributed by atoms with E-state index in [0.717, 1.165) is 11.1 Å². The number of carbonyl (C=O) groups excluding carboxylic acids is 1. The van der Waals surface area contributed by atoms with Crippen LogP contribution < -0.4 is 0 Å². The summed E-state index contributed by atoms with van der Waals surface area (Å²) in [5.74, 6) is 0. The molecule has 1 fully saturated rings. The summed E-state index contributed by atoms with van der Waals surface area (Å²) in [6.45, 7) is 5.81. The van der Waals surface area contributed by atoms with Gasteiger partial charge < -0.3 is 14.6 Å². The van der Waals surface area contributed by atoms with Gasteiger partial charge >= 0.3 is 6.09 Å². The van der Waals surface area contributed by atoms with E-state index in [4.69, 9.17) is 9.47 Å². The molecular weight excluding hydrogens is 424 g/mol. The summed E-state index contributed by atoms with van der Waals surface area (Å²) < 4.78 is 11.5. The normalized spacial score (nSPS) is 20.3. The molecule has 33 heavy (non-hydrogen) atoms. The van der Waals surface area contributed by atoms with E-state index in [1.165, 1.54) is 4.90 Å². The minimum absolute atomic E-state index is 0.0587. The van der Waals surface area contributed by atoms with E-state index in [-0.39, 0.29) is 25.5 Å². The minimum Gasteiger partial charge on any atom is -0.444 e.